The van der Waals surface area contributed by atoms with E-state index in [0.717, 1.165) is 24.8 Å². The molecule has 0 saturated carbocycles. The van der Waals surface area contributed by atoms with Gasteiger partial charge >= 0.3 is 6.18 Å². The van der Waals surface area contributed by atoms with Crippen LogP contribution in [0.25, 0.3) is 0 Å². The number of nitrogens with zero attached hydrogens (tertiary/aromatic N) is 1. The predicted octanol–water partition coefficient (Wildman–Crippen LogP) is 2.40. The highest BCUT2D eigenvalue weighted by atomic mass is 19.4. The Morgan fingerprint density at radius 1 is 1.40 bits per heavy atom. The van der Waals surface area contributed by atoms with Gasteiger partial charge in [0.05, 0.1) is 5.57 Å². The Kier molecular flexibility index (Phi) is 2.54. The summed E-state index contributed by atoms with van der Waals surface area (Å²) in [4.78, 5) is 0. The first-order valence-corrected chi connectivity index (χ1v) is 4.82. The highest BCUT2D eigenvalue weighted by Gasteiger charge is 2.33. The van der Waals surface area contributed by atoms with Crippen LogP contribution in [-0.4, -0.2) is 18.4 Å². The second kappa shape index (κ2) is 3.72. The third-order valence-corrected chi connectivity index (χ3v) is 2.57. The summed E-state index contributed by atoms with van der Waals surface area (Å²) in [5.41, 5.74) is 3.22. The van der Waals surface area contributed by atoms with E-state index >= 15 is 0 Å². The molecule has 0 fully saturated rings. The van der Waals surface area contributed by atoms with Gasteiger partial charge in [-0.3, -0.25) is 0 Å². The van der Waals surface area contributed by atoms with Crippen molar-refractivity contribution in [3.8, 4) is 0 Å². The zero-order valence-corrected chi connectivity index (χ0v) is 8.01. The maximum atomic E-state index is 12.3. The standard InChI is InChI=1S/C10H11F3N2/c11-10(12,13)8-3-1-7(2-4-8)9-5-6-14-15-9/h1,3-4,7,14H,2,5-6H2. The van der Waals surface area contributed by atoms with Gasteiger partial charge < -0.3 is 5.43 Å². The molecule has 0 radical (unpaired) electrons. The Balaban J connectivity index is 2.04. The van der Waals surface area contributed by atoms with Gasteiger partial charge in [0.15, 0.2) is 0 Å². The fourth-order valence-corrected chi connectivity index (χ4v) is 1.74. The second-order valence-electron chi connectivity index (χ2n) is 3.62. The molecule has 15 heavy (non-hydrogen) atoms. The van der Waals surface area contributed by atoms with Crippen LogP contribution in [0, 0.1) is 5.92 Å². The topological polar surface area (TPSA) is 24.4 Å². The molecule has 2 aliphatic rings. The molecule has 1 N–H and O–H groups in total. The van der Waals surface area contributed by atoms with Crippen molar-refractivity contribution in [2.75, 3.05) is 6.54 Å². The lowest BCUT2D eigenvalue weighted by Gasteiger charge is -2.17. The molecule has 82 valence electrons. The van der Waals surface area contributed by atoms with E-state index in [0.29, 0.717) is 6.42 Å². The van der Waals surface area contributed by atoms with E-state index < -0.39 is 11.7 Å². The zero-order valence-electron chi connectivity index (χ0n) is 8.01. The van der Waals surface area contributed by atoms with Gasteiger partial charge in [-0.25, -0.2) is 0 Å². The normalized spacial score (nSPS) is 25.9. The molecule has 0 saturated heterocycles. The highest BCUT2D eigenvalue weighted by molar-refractivity contribution is 5.89. The van der Waals surface area contributed by atoms with Crippen molar-refractivity contribution in [2.24, 2.45) is 11.0 Å². The summed E-state index contributed by atoms with van der Waals surface area (Å²) in [5, 5.41) is 4.05. The molecule has 1 aliphatic heterocycles. The summed E-state index contributed by atoms with van der Waals surface area (Å²) in [5.74, 6) is 0.0334. The van der Waals surface area contributed by atoms with Crippen LogP contribution >= 0.6 is 0 Å². The number of hydrogen-bond donors (Lipinski definition) is 1. The summed E-state index contributed by atoms with van der Waals surface area (Å²) in [6.07, 6.45) is 0.975. The van der Waals surface area contributed by atoms with Crippen molar-refractivity contribution < 1.29 is 13.2 Å². The molecule has 0 bridgehead atoms. The van der Waals surface area contributed by atoms with Gasteiger partial charge in [0, 0.05) is 24.6 Å². The molecule has 1 unspecified atom stereocenters. The molecule has 1 atom stereocenters. The number of alkyl halides is 3. The lowest BCUT2D eigenvalue weighted by molar-refractivity contribution is -0.0886. The average Bonchev–Trinajstić information content (AvgIpc) is 2.69. The van der Waals surface area contributed by atoms with Gasteiger partial charge in [-0.1, -0.05) is 18.2 Å². The van der Waals surface area contributed by atoms with E-state index in [1.54, 1.807) is 6.08 Å². The van der Waals surface area contributed by atoms with Crippen LogP contribution in [-0.2, 0) is 0 Å². The minimum absolute atomic E-state index is 0.0334. The molecule has 5 heteroatoms. The minimum atomic E-state index is -4.22. The van der Waals surface area contributed by atoms with Gasteiger partial charge in [-0.2, -0.15) is 18.3 Å². The van der Waals surface area contributed by atoms with Crippen LogP contribution < -0.4 is 5.43 Å². The smallest absolute Gasteiger partial charge is 0.310 e. The molecule has 0 aromatic rings. The number of hydrazone groups is 1. The quantitative estimate of drug-likeness (QED) is 0.715. The third kappa shape index (κ3) is 2.22. The Bertz CT molecular complexity index is 339. The summed E-state index contributed by atoms with van der Waals surface area (Å²) in [7, 11) is 0. The molecular weight excluding hydrogens is 205 g/mol. The summed E-state index contributed by atoms with van der Waals surface area (Å²) in [6, 6.07) is 0. The van der Waals surface area contributed by atoms with Crippen LogP contribution in [0.1, 0.15) is 12.8 Å². The number of halogens is 3. The van der Waals surface area contributed by atoms with E-state index in [-0.39, 0.29) is 5.92 Å². The molecule has 0 spiro atoms. The summed E-state index contributed by atoms with van der Waals surface area (Å²) >= 11 is 0. The van der Waals surface area contributed by atoms with Gasteiger partial charge in [-0.05, 0) is 6.42 Å². The first kappa shape index (κ1) is 10.3. The van der Waals surface area contributed by atoms with Crippen LogP contribution in [0.2, 0.25) is 0 Å². The van der Waals surface area contributed by atoms with Crippen molar-refractivity contribution in [1.29, 1.82) is 0 Å². The van der Waals surface area contributed by atoms with Crippen molar-refractivity contribution in [2.45, 2.75) is 19.0 Å². The van der Waals surface area contributed by atoms with E-state index in [2.05, 4.69) is 10.5 Å². The monoisotopic (exact) mass is 216 g/mol. The summed E-state index contributed by atoms with van der Waals surface area (Å²) in [6.45, 7) is 0.787. The fourth-order valence-electron chi connectivity index (χ4n) is 1.74. The van der Waals surface area contributed by atoms with Crippen molar-refractivity contribution in [1.82, 2.24) is 5.43 Å². The van der Waals surface area contributed by atoms with Crippen LogP contribution in [0.15, 0.2) is 28.9 Å². The van der Waals surface area contributed by atoms with E-state index in [1.165, 1.54) is 6.08 Å². The largest absolute Gasteiger partial charge is 0.416 e. The zero-order chi connectivity index (χ0) is 10.9. The summed E-state index contributed by atoms with van der Waals surface area (Å²) < 4.78 is 36.9. The minimum Gasteiger partial charge on any atom is -0.310 e. The Hall–Kier alpha value is -1.26. The second-order valence-corrected chi connectivity index (χ2v) is 3.62. The molecule has 0 amide bonds. The maximum absolute atomic E-state index is 12.3. The lowest BCUT2D eigenvalue weighted by Crippen LogP contribution is -2.17. The van der Waals surface area contributed by atoms with Gasteiger partial charge in [0.2, 0.25) is 0 Å². The fraction of sp³-hybridized carbons (Fsp3) is 0.500. The maximum Gasteiger partial charge on any atom is 0.416 e. The molecule has 1 aliphatic carbocycles. The Morgan fingerprint density at radius 3 is 2.67 bits per heavy atom. The average molecular weight is 216 g/mol. The molecule has 0 aromatic carbocycles. The van der Waals surface area contributed by atoms with Crippen LogP contribution in [0.4, 0.5) is 13.2 Å². The van der Waals surface area contributed by atoms with Crippen molar-refractivity contribution >= 4 is 5.71 Å². The molecular formula is C10H11F3N2. The predicted molar refractivity (Wildman–Crippen MR) is 51.4 cm³/mol. The number of hydrogen-bond acceptors (Lipinski definition) is 2. The molecule has 2 nitrogen and oxygen atoms in total. The number of nitrogens with one attached hydrogen (secondary N) is 1. The number of allylic oxidation sites excluding steroid dienone is 4. The van der Waals surface area contributed by atoms with Gasteiger partial charge in [-0.15, -0.1) is 0 Å². The van der Waals surface area contributed by atoms with Crippen molar-refractivity contribution in [3.05, 3.63) is 23.8 Å². The first-order chi connectivity index (χ1) is 7.07. The third-order valence-electron chi connectivity index (χ3n) is 2.57. The van der Waals surface area contributed by atoms with Crippen molar-refractivity contribution in [3.63, 3.8) is 0 Å². The SMILES string of the molecule is FC(F)(F)C1=CCC(C2=NNCC2)C=C1. The number of rotatable bonds is 1. The molecule has 2 rings (SSSR count). The first-order valence-electron chi connectivity index (χ1n) is 4.82. The van der Waals surface area contributed by atoms with Crippen LogP contribution in [0.5, 0.6) is 0 Å². The van der Waals surface area contributed by atoms with Gasteiger partial charge in [0.25, 0.3) is 0 Å². The van der Waals surface area contributed by atoms with E-state index in [4.69, 9.17) is 0 Å². The lowest BCUT2D eigenvalue weighted by atomic mass is 9.91. The molecule has 0 aromatic heterocycles. The molecule has 1 heterocycles. The van der Waals surface area contributed by atoms with E-state index in [1.807, 2.05) is 0 Å². The van der Waals surface area contributed by atoms with E-state index in [9.17, 15) is 13.2 Å². The highest BCUT2D eigenvalue weighted by Crippen LogP contribution is 2.31. The van der Waals surface area contributed by atoms with Gasteiger partial charge in [0.1, 0.15) is 0 Å². The Morgan fingerprint density at radius 2 is 2.20 bits per heavy atom. The van der Waals surface area contributed by atoms with Crippen LogP contribution in [0.3, 0.4) is 0 Å². The Labute approximate surface area is 85.5 Å².